The van der Waals surface area contributed by atoms with Crippen LogP contribution in [0.3, 0.4) is 0 Å². The van der Waals surface area contributed by atoms with E-state index in [0.29, 0.717) is 13.0 Å². The van der Waals surface area contributed by atoms with Crippen molar-refractivity contribution in [3.8, 4) is 0 Å². The van der Waals surface area contributed by atoms with Gasteiger partial charge in [0.05, 0.1) is 6.61 Å². The summed E-state index contributed by atoms with van der Waals surface area (Å²) in [4.78, 5) is 0. The Morgan fingerprint density at radius 1 is 1.05 bits per heavy atom. The van der Waals surface area contributed by atoms with Gasteiger partial charge >= 0.3 is 47.1 Å². The number of hydrogen-bond donors (Lipinski definition) is 1. The van der Waals surface area contributed by atoms with E-state index in [1.54, 1.807) is 20.8 Å². The zero-order chi connectivity index (χ0) is 14.1. The molecule has 0 radical (unpaired) electrons. The first kappa shape index (κ1) is 22.3. The van der Waals surface area contributed by atoms with E-state index in [1.807, 2.05) is 0 Å². The van der Waals surface area contributed by atoms with E-state index >= 15 is 0 Å². The van der Waals surface area contributed by atoms with Gasteiger partial charge in [-0.3, -0.25) is 4.18 Å². The first-order chi connectivity index (χ1) is 8.49. The van der Waals surface area contributed by atoms with E-state index < -0.39 is 17.5 Å². The second-order valence-electron chi connectivity index (χ2n) is 3.22. The first-order valence-electron chi connectivity index (χ1n) is 6.00. The Hall–Kier alpha value is 0.967. The number of rotatable bonds is 11. The van der Waals surface area contributed by atoms with E-state index in [1.165, 1.54) is 0 Å². The average Bonchev–Trinajstić information content (AvgIpc) is 2.30. The van der Waals surface area contributed by atoms with Gasteiger partial charge in [0.15, 0.2) is 0 Å². The van der Waals surface area contributed by atoms with Gasteiger partial charge in [-0.15, -0.1) is 0 Å². The summed E-state index contributed by atoms with van der Waals surface area (Å²) in [5.41, 5.74) is 5.29. The topological polar surface area (TPSA) is 97.1 Å². The summed E-state index contributed by atoms with van der Waals surface area (Å²) < 4.78 is 44.9. The first-order valence-corrected chi connectivity index (χ1v) is 9.86. The normalized spacial score (nSPS) is 12.2. The minimum Gasteiger partial charge on any atom is -1.00 e. The molecule has 0 atom stereocenters. The number of hydrogen-bond acceptors (Lipinski definition) is 7. The van der Waals surface area contributed by atoms with Crippen LogP contribution in [0.2, 0.25) is 0 Å². The van der Waals surface area contributed by atoms with E-state index in [-0.39, 0.29) is 57.4 Å². The fourth-order valence-corrected chi connectivity index (χ4v) is 6.46. The molecule has 0 aliphatic rings. The molecule has 112 valence electrons. The molecule has 0 bridgehead atoms. The Balaban J connectivity index is -0.00000144. The Morgan fingerprint density at radius 3 is 1.79 bits per heavy atom. The molecule has 10 heteroatoms. The van der Waals surface area contributed by atoms with Gasteiger partial charge in [0.2, 0.25) is 0 Å². The smallest absolute Gasteiger partial charge is 1.00 e. The van der Waals surface area contributed by atoms with Gasteiger partial charge in [-0.1, -0.05) is 0 Å². The quantitative estimate of drug-likeness (QED) is 0.327. The molecule has 19 heavy (non-hydrogen) atoms. The second kappa shape index (κ2) is 11.6. The van der Waals surface area contributed by atoms with Crippen molar-refractivity contribution < 1.29 is 56.9 Å². The van der Waals surface area contributed by atoms with Gasteiger partial charge in [0.25, 0.3) is 0 Å². The minimum absolute atomic E-state index is 0. The molecule has 0 amide bonds. The summed E-state index contributed by atoms with van der Waals surface area (Å²) in [5, 5.41) is 0. The van der Waals surface area contributed by atoms with Crippen LogP contribution in [0, 0.1) is 0 Å². The van der Waals surface area contributed by atoms with Crippen molar-refractivity contribution in [2.24, 2.45) is 5.73 Å². The number of nitrogens with two attached hydrogens (primary N) is 1. The molecule has 0 saturated heterocycles. The van der Waals surface area contributed by atoms with E-state index in [2.05, 4.69) is 0 Å². The Labute approximate surface area is 140 Å². The fraction of sp³-hybridized carbons (Fsp3) is 1.00. The van der Waals surface area contributed by atoms with Gasteiger partial charge in [-0.25, -0.2) is 0 Å². The summed E-state index contributed by atoms with van der Waals surface area (Å²) in [5.74, 6) is 0. The predicted octanol–water partition coefficient (Wildman–Crippen LogP) is -2.66. The van der Waals surface area contributed by atoms with Crippen LogP contribution >= 0.6 is 0 Å². The van der Waals surface area contributed by atoms with Gasteiger partial charge in [0.1, 0.15) is 0 Å². The van der Waals surface area contributed by atoms with Crippen LogP contribution in [-0.2, 0) is 27.0 Å². The molecule has 7 nitrogen and oxygen atoms in total. The molecule has 0 aliphatic heterocycles. The maximum atomic E-state index is 12.1. The van der Waals surface area contributed by atoms with Crippen molar-refractivity contribution in [1.29, 1.82) is 0 Å². The van der Waals surface area contributed by atoms with E-state index in [9.17, 15) is 8.42 Å². The molecular weight excluding hydrogens is 301 g/mol. The third-order valence-corrected chi connectivity index (χ3v) is 8.12. The minimum atomic E-state index is -4.03. The molecule has 0 heterocycles. The maximum absolute atomic E-state index is 12.1. The summed E-state index contributed by atoms with van der Waals surface area (Å²) in [6.07, 6.45) is 0.439. The predicted molar refractivity (Wildman–Crippen MR) is 70.3 cm³/mol. The van der Waals surface area contributed by atoms with Crippen LogP contribution in [0.15, 0.2) is 0 Å². The van der Waals surface area contributed by atoms with Gasteiger partial charge in [-0.05, 0) is 33.7 Å². The van der Waals surface area contributed by atoms with E-state index in [0.717, 1.165) is 0 Å². The summed E-state index contributed by atoms with van der Waals surface area (Å²) in [7, 11) is -7.89. The summed E-state index contributed by atoms with van der Waals surface area (Å²) >= 11 is 0. The third-order valence-electron chi connectivity index (χ3n) is 1.86. The molecule has 0 aromatic carbocycles. The molecule has 0 unspecified atom stereocenters. The Bertz CT molecular complexity index is 305. The van der Waals surface area contributed by atoms with Crippen molar-refractivity contribution in [2.45, 2.75) is 27.2 Å². The molecule has 0 rings (SSSR count). The largest absolute Gasteiger partial charge is 1.00 e. The van der Waals surface area contributed by atoms with E-state index in [4.69, 9.17) is 23.2 Å². The van der Waals surface area contributed by atoms with Crippen LogP contribution in [0.4, 0.5) is 0 Å². The Morgan fingerprint density at radius 2 is 1.47 bits per heavy atom. The zero-order valence-corrected chi connectivity index (χ0v) is 16.0. The monoisotopic (exact) mass is 325 g/mol. The fourth-order valence-electron chi connectivity index (χ4n) is 1.20. The van der Waals surface area contributed by atoms with Crippen LogP contribution in [0.5, 0.6) is 0 Å². The average molecular weight is 325 g/mol. The van der Waals surface area contributed by atoms with Gasteiger partial charge in [-0.2, -0.15) is 8.42 Å². The van der Waals surface area contributed by atoms with Gasteiger partial charge in [0, 0.05) is 19.8 Å². The molecule has 0 aromatic heterocycles. The zero-order valence-electron chi connectivity index (χ0n) is 13.2. The van der Waals surface area contributed by atoms with Crippen molar-refractivity contribution in [1.82, 2.24) is 0 Å². The van der Waals surface area contributed by atoms with Crippen molar-refractivity contribution in [3.63, 3.8) is 0 Å². The molecule has 0 fully saturated rings. The van der Waals surface area contributed by atoms with Crippen molar-refractivity contribution in [3.05, 3.63) is 0 Å². The summed E-state index contributed by atoms with van der Waals surface area (Å²) in [6, 6.07) is 0. The van der Waals surface area contributed by atoms with Crippen molar-refractivity contribution >= 4 is 17.5 Å². The maximum Gasteiger partial charge on any atom is 1.00 e. The molecular formula is C9H24NNaO6SSi. The molecule has 0 aromatic rings. The summed E-state index contributed by atoms with van der Waals surface area (Å²) in [6.45, 7) is 5.89. The van der Waals surface area contributed by atoms with Crippen molar-refractivity contribution in [2.75, 3.05) is 33.0 Å². The standard InChI is InChI=1S/C9H23NO6SSi.Na.H/c1-4-14-18(15-5-2,16-6-3)17(11,12)13-9-7-8-10;;/h4-10H2,1-3H3;;/q;+1;-1. The molecule has 0 saturated carbocycles. The van der Waals surface area contributed by atoms with Crippen LogP contribution < -0.4 is 35.3 Å². The third kappa shape index (κ3) is 6.98. The van der Waals surface area contributed by atoms with Crippen LogP contribution in [0.1, 0.15) is 28.6 Å². The molecule has 0 aliphatic carbocycles. The van der Waals surface area contributed by atoms with Gasteiger partial charge < -0.3 is 20.4 Å². The SMILES string of the molecule is CCO[Si](OCC)(OCC)S(=O)(=O)OCCCN.[H-].[Na+]. The Kier molecular flexibility index (Phi) is 13.6. The molecule has 2 N–H and O–H groups in total. The van der Waals surface area contributed by atoms with Crippen LogP contribution in [-0.4, -0.2) is 49.3 Å². The molecule has 0 spiro atoms. The second-order valence-corrected chi connectivity index (χ2v) is 9.23. The van der Waals surface area contributed by atoms with Crippen LogP contribution in [0.25, 0.3) is 0 Å².